The minimum Gasteiger partial charge on any atom is -0.478 e. The van der Waals surface area contributed by atoms with Gasteiger partial charge in [-0.1, -0.05) is 11.8 Å². The van der Waals surface area contributed by atoms with Crippen LogP contribution in [0.4, 0.5) is 8.78 Å². The fourth-order valence-electron chi connectivity index (χ4n) is 1.42. The summed E-state index contributed by atoms with van der Waals surface area (Å²) in [6, 6.07) is 7.70. The van der Waals surface area contributed by atoms with Gasteiger partial charge in [-0.15, -0.1) is 0 Å². The van der Waals surface area contributed by atoms with E-state index in [9.17, 15) is 13.6 Å². The van der Waals surface area contributed by atoms with E-state index in [0.717, 1.165) is 30.0 Å². The third-order valence-corrected chi connectivity index (χ3v) is 3.97. The molecule has 2 nitrogen and oxygen atoms in total. The fourth-order valence-corrected chi connectivity index (χ4v) is 3.02. The van der Waals surface area contributed by atoms with Crippen LogP contribution in [0.15, 0.2) is 50.7 Å². The fraction of sp³-hybridized carbons (Fsp3) is 0. The summed E-state index contributed by atoms with van der Waals surface area (Å²) in [5.74, 6) is -2.10. The maximum absolute atomic E-state index is 13.5. The average molecular weight is 345 g/mol. The SMILES string of the molecule is O=C(O)c1ccc(Sc2cc(F)ccc2F)cc1Br. The van der Waals surface area contributed by atoms with E-state index in [1.165, 1.54) is 6.07 Å². The molecule has 0 aliphatic carbocycles. The van der Waals surface area contributed by atoms with Crippen molar-refractivity contribution in [2.75, 3.05) is 0 Å². The first kappa shape index (κ1) is 14.0. The van der Waals surface area contributed by atoms with Crippen molar-refractivity contribution in [3.63, 3.8) is 0 Å². The molecule has 0 aliphatic heterocycles. The predicted molar refractivity (Wildman–Crippen MR) is 71.6 cm³/mol. The normalized spacial score (nSPS) is 10.5. The van der Waals surface area contributed by atoms with Crippen LogP contribution in [0.2, 0.25) is 0 Å². The Kier molecular flexibility index (Phi) is 4.21. The highest BCUT2D eigenvalue weighted by Gasteiger charge is 2.11. The van der Waals surface area contributed by atoms with Crippen molar-refractivity contribution >= 4 is 33.7 Å². The Balaban J connectivity index is 2.31. The lowest BCUT2D eigenvalue weighted by atomic mass is 10.2. The second-order valence-corrected chi connectivity index (χ2v) is 5.59. The molecule has 0 radical (unpaired) electrons. The van der Waals surface area contributed by atoms with E-state index in [-0.39, 0.29) is 10.5 Å². The lowest BCUT2D eigenvalue weighted by Gasteiger charge is -2.05. The molecule has 0 spiro atoms. The molecule has 0 saturated carbocycles. The molecule has 0 fully saturated rings. The van der Waals surface area contributed by atoms with Gasteiger partial charge in [0.05, 0.1) is 10.5 Å². The van der Waals surface area contributed by atoms with Crippen molar-refractivity contribution in [3.8, 4) is 0 Å². The number of carbonyl (C=O) groups is 1. The number of halogens is 3. The Morgan fingerprint density at radius 1 is 1.16 bits per heavy atom. The Morgan fingerprint density at radius 3 is 2.53 bits per heavy atom. The largest absolute Gasteiger partial charge is 0.478 e. The zero-order valence-corrected chi connectivity index (χ0v) is 11.8. The number of carboxylic acids is 1. The van der Waals surface area contributed by atoms with E-state index in [0.29, 0.717) is 9.37 Å². The summed E-state index contributed by atoms with van der Waals surface area (Å²) in [7, 11) is 0. The van der Waals surface area contributed by atoms with E-state index in [4.69, 9.17) is 5.11 Å². The van der Waals surface area contributed by atoms with Gasteiger partial charge in [0.1, 0.15) is 11.6 Å². The molecule has 0 unspecified atom stereocenters. The summed E-state index contributed by atoms with van der Waals surface area (Å²) >= 11 is 4.16. The Hall–Kier alpha value is -1.40. The summed E-state index contributed by atoms with van der Waals surface area (Å²) in [6.45, 7) is 0. The van der Waals surface area contributed by atoms with Crippen molar-refractivity contribution in [2.24, 2.45) is 0 Å². The summed E-state index contributed by atoms with van der Waals surface area (Å²) in [6.07, 6.45) is 0. The minimum atomic E-state index is -1.06. The second kappa shape index (κ2) is 5.71. The molecular formula is C13H7BrF2O2S. The van der Waals surface area contributed by atoms with Crippen LogP contribution in [-0.4, -0.2) is 11.1 Å². The predicted octanol–water partition coefficient (Wildman–Crippen LogP) is 4.58. The molecule has 0 heterocycles. The summed E-state index contributed by atoms with van der Waals surface area (Å²) < 4.78 is 26.9. The summed E-state index contributed by atoms with van der Waals surface area (Å²) in [4.78, 5) is 11.6. The number of carboxylic acid groups (broad SMARTS) is 1. The number of hydrogen-bond donors (Lipinski definition) is 1. The van der Waals surface area contributed by atoms with Crippen molar-refractivity contribution in [1.82, 2.24) is 0 Å². The number of benzene rings is 2. The van der Waals surface area contributed by atoms with Crippen LogP contribution in [0, 0.1) is 11.6 Å². The van der Waals surface area contributed by atoms with E-state index in [2.05, 4.69) is 15.9 Å². The Labute approximate surface area is 120 Å². The highest BCUT2D eigenvalue weighted by Crippen LogP contribution is 2.32. The van der Waals surface area contributed by atoms with Gasteiger partial charge in [0.2, 0.25) is 0 Å². The molecule has 2 aromatic carbocycles. The zero-order chi connectivity index (χ0) is 14.0. The van der Waals surface area contributed by atoms with Gasteiger partial charge < -0.3 is 5.11 Å². The minimum absolute atomic E-state index is 0.115. The van der Waals surface area contributed by atoms with Crippen LogP contribution in [0.25, 0.3) is 0 Å². The first-order valence-electron chi connectivity index (χ1n) is 5.13. The Morgan fingerprint density at radius 2 is 1.89 bits per heavy atom. The molecule has 6 heteroatoms. The van der Waals surface area contributed by atoms with Crippen LogP contribution >= 0.6 is 27.7 Å². The monoisotopic (exact) mass is 344 g/mol. The van der Waals surface area contributed by atoms with Gasteiger partial charge >= 0.3 is 5.97 Å². The molecule has 0 aliphatic rings. The van der Waals surface area contributed by atoms with Crippen molar-refractivity contribution in [3.05, 3.63) is 58.1 Å². The molecule has 0 atom stereocenters. The van der Waals surface area contributed by atoms with Gasteiger partial charge in [-0.3, -0.25) is 0 Å². The molecular weight excluding hydrogens is 338 g/mol. The molecule has 2 rings (SSSR count). The summed E-state index contributed by atoms with van der Waals surface area (Å²) in [5, 5.41) is 8.88. The number of rotatable bonds is 3. The molecule has 0 aromatic heterocycles. The lowest BCUT2D eigenvalue weighted by Crippen LogP contribution is -1.97. The van der Waals surface area contributed by atoms with E-state index in [1.54, 1.807) is 12.1 Å². The first-order chi connectivity index (χ1) is 8.97. The van der Waals surface area contributed by atoms with Crippen LogP contribution in [0.5, 0.6) is 0 Å². The first-order valence-corrected chi connectivity index (χ1v) is 6.74. The lowest BCUT2D eigenvalue weighted by molar-refractivity contribution is 0.0696. The van der Waals surface area contributed by atoms with Crippen LogP contribution in [-0.2, 0) is 0 Å². The van der Waals surface area contributed by atoms with Crippen LogP contribution in [0.3, 0.4) is 0 Å². The molecule has 2 aromatic rings. The van der Waals surface area contributed by atoms with Gasteiger partial charge in [-0.2, -0.15) is 0 Å². The molecule has 0 bridgehead atoms. The van der Waals surface area contributed by atoms with Gasteiger partial charge in [-0.25, -0.2) is 13.6 Å². The summed E-state index contributed by atoms with van der Waals surface area (Å²) in [5.41, 5.74) is 0.115. The molecule has 0 amide bonds. The standard InChI is InChI=1S/C13H7BrF2O2S/c14-10-6-8(2-3-9(10)13(17)18)19-12-5-7(15)1-4-11(12)16/h1-6H,(H,17,18). The highest BCUT2D eigenvalue weighted by atomic mass is 79.9. The van der Waals surface area contributed by atoms with Crippen molar-refractivity contribution < 1.29 is 18.7 Å². The van der Waals surface area contributed by atoms with E-state index >= 15 is 0 Å². The second-order valence-electron chi connectivity index (χ2n) is 3.62. The van der Waals surface area contributed by atoms with E-state index in [1.807, 2.05) is 0 Å². The molecule has 0 saturated heterocycles. The van der Waals surface area contributed by atoms with Crippen LogP contribution < -0.4 is 0 Å². The smallest absolute Gasteiger partial charge is 0.336 e. The van der Waals surface area contributed by atoms with Gasteiger partial charge in [0.25, 0.3) is 0 Å². The third kappa shape index (κ3) is 3.33. The number of hydrogen-bond acceptors (Lipinski definition) is 2. The van der Waals surface area contributed by atoms with Crippen LogP contribution in [0.1, 0.15) is 10.4 Å². The molecule has 19 heavy (non-hydrogen) atoms. The maximum atomic E-state index is 13.5. The quantitative estimate of drug-likeness (QED) is 0.885. The average Bonchev–Trinajstić information content (AvgIpc) is 2.33. The Bertz CT molecular complexity index is 647. The molecule has 1 N–H and O–H groups in total. The van der Waals surface area contributed by atoms with E-state index < -0.39 is 17.6 Å². The van der Waals surface area contributed by atoms with Gasteiger partial charge in [0, 0.05) is 9.37 Å². The zero-order valence-electron chi connectivity index (χ0n) is 9.36. The van der Waals surface area contributed by atoms with Gasteiger partial charge in [0.15, 0.2) is 0 Å². The van der Waals surface area contributed by atoms with Gasteiger partial charge in [-0.05, 0) is 52.3 Å². The maximum Gasteiger partial charge on any atom is 0.336 e. The molecule has 98 valence electrons. The number of aromatic carboxylic acids is 1. The van der Waals surface area contributed by atoms with Crippen molar-refractivity contribution in [1.29, 1.82) is 0 Å². The third-order valence-electron chi connectivity index (χ3n) is 2.29. The topological polar surface area (TPSA) is 37.3 Å². The van der Waals surface area contributed by atoms with Crippen molar-refractivity contribution in [2.45, 2.75) is 9.79 Å². The highest BCUT2D eigenvalue weighted by molar-refractivity contribution is 9.10.